The van der Waals surface area contributed by atoms with Gasteiger partial charge in [0.25, 0.3) is 0 Å². The van der Waals surface area contributed by atoms with E-state index in [0.29, 0.717) is 6.04 Å². The molecule has 0 spiro atoms. The third-order valence-electron chi connectivity index (χ3n) is 4.86. The van der Waals surface area contributed by atoms with E-state index in [1.54, 1.807) is 0 Å². The van der Waals surface area contributed by atoms with E-state index in [1.165, 1.54) is 25.7 Å². The minimum absolute atomic E-state index is 0.417. The molecule has 0 unspecified atom stereocenters. The second kappa shape index (κ2) is 6.62. The topological polar surface area (TPSA) is 32.3 Å². The van der Waals surface area contributed by atoms with Crippen molar-refractivity contribution in [1.82, 2.24) is 5.32 Å². The normalized spacial score (nSPS) is 32.7. The molecule has 2 rings (SSSR count). The molecule has 3 heteroatoms. The quantitative estimate of drug-likeness (QED) is 0.824. The summed E-state index contributed by atoms with van der Waals surface area (Å²) < 4.78 is 0. The number of hydrogen-bond acceptors (Lipinski definition) is 3. The van der Waals surface area contributed by atoms with E-state index in [9.17, 15) is 5.11 Å². The summed E-state index contributed by atoms with van der Waals surface area (Å²) in [5.41, 5.74) is -0.417. The highest BCUT2D eigenvalue weighted by Gasteiger charge is 2.31. The first kappa shape index (κ1) is 14.7. The van der Waals surface area contributed by atoms with Crippen molar-refractivity contribution in [3.8, 4) is 0 Å². The molecular weight excluding hydrogens is 242 g/mol. The van der Waals surface area contributed by atoms with Crippen LogP contribution < -0.4 is 5.32 Å². The van der Waals surface area contributed by atoms with Crippen LogP contribution in [-0.4, -0.2) is 34.8 Å². The fourth-order valence-corrected chi connectivity index (χ4v) is 4.51. The minimum atomic E-state index is -0.417. The van der Waals surface area contributed by atoms with E-state index in [-0.39, 0.29) is 0 Å². The standard InChI is InChI=1S/C15H29NOS/c1-12(2)13-3-5-14(6-4-13)16-11-15(17)7-9-18-10-8-15/h12-14,16-17H,3-11H2,1-2H3. The largest absolute Gasteiger partial charge is 0.389 e. The zero-order chi connectivity index (χ0) is 13.0. The predicted octanol–water partition coefficient (Wildman–Crippen LogP) is 3.05. The highest BCUT2D eigenvalue weighted by Crippen LogP contribution is 2.31. The summed E-state index contributed by atoms with van der Waals surface area (Å²) in [5, 5.41) is 14.1. The number of hydrogen-bond donors (Lipinski definition) is 2. The molecule has 0 aromatic rings. The van der Waals surface area contributed by atoms with Crippen molar-refractivity contribution in [2.24, 2.45) is 11.8 Å². The van der Waals surface area contributed by atoms with E-state index in [4.69, 9.17) is 0 Å². The Morgan fingerprint density at radius 2 is 1.78 bits per heavy atom. The van der Waals surface area contributed by atoms with Crippen LogP contribution in [0.25, 0.3) is 0 Å². The molecule has 0 atom stereocenters. The van der Waals surface area contributed by atoms with Gasteiger partial charge >= 0.3 is 0 Å². The predicted molar refractivity (Wildman–Crippen MR) is 80.1 cm³/mol. The molecule has 0 bridgehead atoms. The molecule has 1 saturated carbocycles. The first-order valence-electron chi connectivity index (χ1n) is 7.62. The summed E-state index contributed by atoms with van der Waals surface area (Å²) in [6.45, 7) is 5.51. The van der Waals surface area contributed by atoms with Crippen LogP contribution in [0.1, 0.15) is 52.4 Å². The fraction of sp³-hybridized carbons (Fsp3) is 1.00. The maximum absolute atomic E-state index is 10.5. The summed E-state index contributed by atoms with van der Waals surface area (Å²) in [7, 11) is 0. The van der Waals surface area contributed by atoms with E-state index in [1.807, 2.05) is 11.8 Å². The lowest BCUT2D eigenvalue weighted by Gasteiger charge is -2.36. The van der Waals surface area contributed by atoms with Gasteiger partial charge in [-0.1, -0.05) is 13.8 Å². The Bertz CT molecular complexity index is 243. The number of thioether (sulfide) groups is 1. The van der Waals surface area contributed by atoms with Crippen LogP contribution in [0.3, 0.4) is 0 Å². The fourth-order valence-electron chi connectivity index (χ4n) is 3.25. The zero-order valence-corrected chi connectivity index (χ0v) is 12.8. The van der Waals surface area contributed by atoms with Crippen LogP contribution in [-0.2, 0) is 0 Å². The number of rotatable bonds is 4. The highest BCUT2D eigenvalue weighted by atomic mass is 32.2. The van der Waals surface area contributed by atoms with Gasteiger partial charge in [-0.3, -0.25) is 0 Å². The van der Waals surface area contributed by atoms with Crippen molar-refractivity contribution in [2.45, 2.75) is 64.0 Å². The number of nitrogens with one attached hydrogen (secondary N) is 1. The van der Waals surface area contributed by atoms with Gasteiger partial charge in [0.15, 0.2) is 0 Å². The molecule has 2 aliphatic rings. The summed E-state index contributed by atoms with van der Waals surface area (Å²) in [4.78, 5) is 0. The second-order valence-corrected chi connectivity index (χ2v) is 7.80. The summed E-state index contributed by atoms with van der Waals surface area (Å²) in [6, 6.07) is 0.651. The molecule has 0 amide bonds. The zero-order valence-electron chi connectivity index (χ0n) is 12.0. The van der Waals surface area contributed by atoms with E-state index < -0.39 is 5.60 Å². The molecule has 2 fully saturated rings. The molecule has 1 aliphatic heterocycles. The van der Waals surface area contributed by atoms with Gasteiger partial charge in [0, 0.05) is 12.6 Å². The molecule has 2 nitrogen and oxygen atoms in total. The van der Waals surface area contributed by atoms with Crippen LogP contribution in [0.2, 0.25) is 0 Å². The average molecular weight is 271 g/mol. The van der Waals surface area contributed by atoms with E-state index >= 15 is 0 Å². The van der Waals surface area contributed by atoms with Crippen molar-refractivity contribution in [2.75, 3.05) is 18.1 Å². The summed E-state index contributed by atoms with van der Waals surface area (Å²) in [5.74, 6) is 4.01. The first-order valence-corrected chi connectivity index (χ1v) is 8.78. The van der Waals surface area contributed by atoms with Crippen molar-refractivity contribution in [3.63, 3.8) is 0 Å². The Morgan fingerprint density at radius 3 is 2.33 bits per heavy atom. The highest BCUT2D eigenvalue weighted by molar-refractivity contribution is 7.99. The van der Waals surface area contributed by atoms with Crippen molar-refractivity contribution < 1.29 is 5.11 Å². The van der Waals surface area contributed by atoms with Crippen molar-refractivity contribution >= 4 is 11.8 Å². The van der Waals surface area contributed by atoms with Crippen LogP contribution in [0.15, 0.2) is 0 Å². The maximum Gasteiger partial charge on any atom is 0.0787 e. The smallest absolute Gasteiger partial charge is 0.0787 e. The third kappa shape index (κ3) is 4.14. The Kier molecular flexibility index (Phi) is 5.40. The van der Waals surface area contributed by atoms with Crippen LogP contribution in [0.5, 0.6) is 0 Å². The molecule has 1 heterocycles. The van der Waals surface area contributed by atoms with E-state index in [2.05, 4.69) is 19.2 Å². The molecule has 106 valence electrons. The van der Waals surface area contributed by atoms with Crippen molar-refractivity contribution in [3.05, 3.63) is 0 Å². The van der Waals surface area contributed by atoms with Gasteiger partial charge in [0.05, 0.1) is 5.60 Å². The molecule has 1 aliphatic carbocycles. The average Bonchev–Trinajstić information content (AvgIpc) is 2.38. The lowest BCUT2D eigenvalue weighted by molar-refractivity contribution is 0.0274. The van der Waals surface area contributed by atoms with Crippen LogP contribution >= 0.6 is 11.8 Å². The van der Waals surface area contributed by atoms with Crippen molar-refractivity contribution in [1.29, 1.82) is 0 Å². The monoisotopic (exact) mass is 271 g/mol. The molecule has 0 aromatic heterocycles. The van der Waals surface area contributed by atoms with Gasteiger partial charge in [0.1, 0.15) is 0 Å². The molecule has 0 aromatic carbocycles. The molecule has 1 saturated heterocycles. The Morgan fingerprint density at radius 1 is 1.17 bits per heavy atom. The van der Waals surface area contributed by atoms with Gasteiger partial charge in [-0.15, -0.1) is 0 Å². The third-order valence-corrected chi connectivity index (χ3v) is 5.84. The SMILES string of the molecule is CC(C)C1CCC(NCC2(O)CCSCC2)CC1. The Balaban J connectivity index is 1.68. The number of aliphatic hydroxyl groups is 1. The van der Waals surface area contributed by atoms with Gasteiger partial charge in [-0.05, 0) is 61.9 Å². The summed E-state index contributed by atoms with van der Waals surface area (Å²) >= 11 is 1.97. The lowest BCUT2D eigenvalue weighted by Crippen LogP contribution is -2.47. The molecule has 0 radical (unpaired) electrons. The first-order chi connectivity index (χ1) is 8.59. The maximum atomic E-state index is 10.5. The molecular formula is C15H29NOS. The minimum Gasteiger partial charge on any atom is -0.389 e. The lowest BCUT2D eigenvalue weighted by atomic mass is 9.79. The van der Waals surface area contributed by atoms with Crippen LogP contribution in [0, 0.1) is 11.8 Å². The van der Waals surface area contributed by atoms with E-state index in [0.717, 1.165) is 42.7 Å². The second-order valence-electron chi connectivity index (χ2n) is 6.57. The van der Waals surface area contributed by atoms with Gasteiger partial charge in [0.2, 0.25) is 0 Å². The van der Waals surface area contributed by atoms with Gasteiger partial charge in [-0.2, -0.15) is 11.8 Å². The Labute approximate surface area is 116 Å². The Hall–Kier alpha value is 0.270. The molecule has 18 heavy (non-hydrogen) atoms. The van der Waals surface area contributed by atoms with Gasteiger partial charge < -0.3 is 10.4 Å². The van der Waals surface area contributed by atoms with Crippen LogP contribution in [0.4, 0.5) is 0 Å². The summed E-state index contributed by atoms with van der Waals surface area (Å²) in [6.07, 6.45) is 7.26. The molecule has 2 N–H and O–H groups in total. The van der Waals surface area contributed by atoms with Gasteiger partial charge in [-0.25, -0.2) is 0 Å².